The Kier molecular flexibility index (Phi) is 20.7. The highest BCUT2D eigenvalue weighted by atomic mass is 16.5. The minimum Gasteiger partial charge on any atom is -0.378 e. The summed E-state index contributed by atoms with van der Waals surface area (Å²) in [5, 5.41) is 11.2. The van der Waals surface area contributed by atoms with Gasteiger partial charge in [0.25, 0.3) is 0 Å². The first-order valence-electron chi connectivity index (χ1n) is 13.4. The highest BCUT2D eigenvalue weighted by Crippen LogP contribution is 2.17. The zero-order valence-electron chi connectivity index (χ0n) is 23.1. The number of carbonyl (C=O) groups is 4. The Morgan fingerprint density at radius 2 is 0.889 bits per heavy atom. The molecule has 2 atom stereocenters. The van der Waals surface area contributed by atoms with E-state index >= 15 is 0 Å². The van der Waals surface area contributed by atoms with Crippen molar-refractivity contribution in [2.45, 2.75) is 73.1 Å². The van der Waals surface area contributed by atoms with Crippen molar-refractivity contribution < 1.29 is 28.7 Å². The lowest BCUT2D eigenvalue weighted by Crippen LogP contribution is -2.31. The van der Waals surface area contributed by atoms with Gasteiger partial charge in [-0.3, -0.25) is 19.2 Å². The van der Waals surface area contributed by atoms with E-state index in [9.17, 15) is 19.2 Å². The second-order valence-electron chi connectivity index (χ2n) is 9.77. The molecule has 0 aromatic heterocycles. The van der Waals surface area contributed by atoms with Gasteiger partial charge < -0.3 is 30.7 Å². The number of rotatable bonds is 22. The predicted molar refractivity (Wildman–Crippen MR) is 140 cm³/mol. The van der Waals surface area contributed by atoms with Crippen LogP contribution in [0.4, 0.5) is 0 Å². The monoisotopic (exact) mass is 514 g/mol. The van der Waals surface area contributed by atoms with E-state index in [1.807, 2.05) is 27.7 Å². The largest absolute Gasteiger partial charge is 0.378 e. The molecule has 210 valence electrons. The molecule has 10 nitrogen and oxygen atoms in total. The average Bonchev–Trinajstić information content (AvgIpc) is 2.80. The minimum absolute atomic E-state index is 0.00237. The van der Waals surface area contributed by atoms with E-state index in [0.717, 1.165) is 12.8 Å². The fourth-order valence-electron chi connectivity index (χ4n) is 3.37. The zero-order valence-corrected chi connectivity index (χ0v) is 23.1. The SMILES string of the molecule is CCC(=O)NCCOCCNC(=O)CC(C)CCC(C)CC(=O)NCCOCCNC(=O)CC(C)C. The Hall–Kier alpha value is -2.20. The zero-order chi connectivity index (χ0) is 27.2. The first-order chi connectivity index (χ1) is 17.1. The van der Waals surface area contributed by atoms with Crippen molar-refractivity contribution in [3.05, 3.63) is 0 Å². The van der Waals surface area contributed by atoms with E-state index < -0.39 is 0 Å². The highest BCUT2D eigenvalue weighted by molar-refractivity contribution is 5.77. The summed E-state index contributed by atoms with van der Waals surface area (Å²) in [6.45, 7) is 13.4. The van der Waals surface area contributed by atoms with Crippen LogP contribution < -0.4 is 21.3 Å². The maximum absolute atomic E-state index is 12.1. The molecule has 0 spiro atoms. The van der Waals surface area contributed by atoms with Crippen molar-refractivity contribution in [3.63, 3.8) is 0 Å². The van der Waals surface area contributed by atoms with E-state index in [4.69, 9.17) is 9.47 Å². The van der Waals surface area contributed by atoms with Crippen LogP contribution in [0.15, 0.2) is 0 Å². The van der Waals surface area contributed by atoms with Crippen molar-refractivity contribution >= 4 is 23.6 Å². The third kappa shape index (κ3) is 22.3. The van der Waals surface area contributed by atoms with Gasteiger partial charge in [0.2, 0.25) is 23.6 Å². The number of amides is 4. The normalized spacial score (nSPS) is 12.6. The Balaban J connectivity index is 3.68. The fraction of sp³-hybridized carbons (Fsp3) is 0.846. The van der Waals surface area contributed by atoms with Crippen molar-refractivity contribution in [2.75, 3.05) is 52.6 Å². The second-order valence-corrected chi connectivity index (χ2v) is 9.77. The van der Waals surface area contributed by atoms with Crippen LogP contribution >= 0.6 is 0 Å². The van der Waals surface area contributed by atoms with Crippen molar-refractivity contribution in [2.24, 2.45) is 17.8 Å². The van der Waals surface area contributed by atoms with E-state index in [0.29, 0.717) is 84.2 Å². The summed E-state index contributed by atoms with van der Waals surface area (Å²) in [6.07, 6.45) is 3.61. The first-order valence-corrected chi connectivity index (χ1v) is 13.4. The molecule has 0 aliphatic heterocycles. The van der Waals surface area contributed by atoms with Gasteiger partial charge in [0.15, 0.2) is 0 Å². The number of ether oxygens (including phenoxy) is 2. The van der Waals surface area contributed by atoms with Crippen LogP contribution in [0.1, 0.15) is 73.1 Å². The van der Waals surface area contributed by atoms with Crippen molar-refractivity contribution in [1.29, 1.82) is 0 Å². The summed E-state index contributed by atoms with van der Waals surface area (Å²) in [7, 11) is 0. The molecule has 2 unspecified atom stereocenters. The third-order valence-corrected chi connectivity index (χ3v) is 5.41. The maximum Gasteiger partial charge on any atom is 0.220 e. The molecular weight excluding hydrogens is 464 g/mol. The van der Waals surface area contributed by atoms with Crippen molar-refractivity contribution in [1.82, 2.24) is 21.3 Å². The Labute approximate surface area is 217 Å². The standard InChI is InChI=1S/C26H50N4O6/c1-6-23(31)27-9-13-35-15-11-29-25(33)18-21(4)7-8-22(5)19-26(34)30-12-16-36-14-10-28-24(32)17-20(2)3/h20-22H,6-19H2,1-5H3,(H,27,31)(H,28,32)(H,29,33)(H,30,34). The molecule has 4 N–H and O–H groups in total. The van der Waals surface area contributed by atoms with Gasteiger partial charge in [0, 0.05) is 51.9 Å². The molecular formula is C26H50N4O6. The lowest BCUT2D eigenvalue weighted by Gasteiger charge is -2.15. The molecule has 0 fully saturated rings. The lowest BCUT2D eigenvalue weighted by molar-refractivity contribution is -0.123. The Bertz CT molecular complexity index is 630. The Morgan fingerprint density at radius 3 is 1.22 bits per heavy atom. The van der Waals surface area contributed by atoms with Crippen LogP contribution in [0.5, 0.6) is 0 Å². The highest BCUT2D eigenvalue weighted by Gasteiger charge is 2.13. The van der Waals surface area contributed by atoms with Crippen LogP contribution in [-0.2, 0) is 28.7 Å². The number of carbonyl (C=O) groups excluding carboxylic acids is 4. The fourth-order valence-corrected chi connectivity index (χ4v) is 3.37. The minimum atomic E-state index is -0.00438. The number of hydrogen-bond donors (Lipinski definition) is 4. The smallest absolute Gasteiger partial charge is 0.220 e. The van der Waals surface area contributed by atoms with Gasteiger partial charge in [0.1, 0.15) is 0 Å². The first kappa shape index (κ1) is 33.8. The lowest BCUT2D eigenvalue weighted by atomic mass is 9.93. The third-order valence-electron chi connectivity index (χ3n) is 5.41. The topological polar surface area (TPSA) is 135 Å². The quantitative estimate of drug-likeness (QED) is 0.163. The predicted octanol–water partition coefficient (Wildman–Crippen LogP) is 1.77. The molecule has 0 aliphatic carbocycles. The molecule has 10 heteroatoms. The van der Waals surface area contributed by atoms with Crippen LogP contribution in [0.3, 0.4) is 0 Å². The maximum atomic E-state index is 12.1. The van der Waals surface area contributed by atoms with Gasteiger partial charge in [-0.2, -0.15) is 0 Å². The molecule has 0 saturated heterocycles. The molecule has 0 saturated carbocycles. The van der Waals surface area contributed by atoms with Crippen LogP contribution in [0.25, 0.3) is 0 Å². The molecule has 0 radical (unpaired) electrons. The van der Waals surface area contributed by atoms with E-state index in [1.54, 1.807) is 6.92 Å². The molecule has 4 amide bonds. The second kappa shape index (κ2) is 22.0. The molecule has 0 bridgehead atoms. The van der Waals surface area contributed by atoms with E-state index in [1.165, 1.54) is 0 Å². The van der Waals surface area contributed by atoms with E-state index in [-0.39, 0.29) is 35.5 Å². The van der Waals surface area contributed by atoms with Gasteiger partial charge in [-0.1, -0.05) is 34.6 Å². The Morgan fingerprint density at radius 1 is 0.556 bits per heavy atom. The van der Waals surface area contributed by atoms with Gasteiger partial charge in [-0.25, -0.2) is 0 Å². The summed E-state index contributed by atoms with van der Waals surface area (Å²) in [5.74, 6) is 0.816. The number of hydrogen-bond acceptors (Lipinski definition) is 6. The van der Waals surface area contributed by atoms with Gasteiger partial charge in [-0.05, 0) is 30.6 Å². The molecule has 0 aromatic carbocycles. The van der Waals surface area contributed by atoms with Crippen LogP contribution in [0, 0.1) is 17.8 Å². The number of nitrogens with one attached hydrogen (secondary N) is 4. The molecule has 0 rings (SSSR count). The summed E-state index contributed by atoms with van der Waals surface area (Å²) in [5.41, 5.74) is 0. The average molecular weight is 515 g/mol. The van der Waals surface area contributed by atoms with Crippen molar-refractivity contribution in [3.8, 4) is 0 Å². The molecule has 36 heavy (non-hydrogen) atoms. The summed E-state index contributed by atoms with van der Waals surface area (Å²) in [4.78, 5) is 46.8. The molecule has 0 heterocycles. The molecule has 0 aromatic rings. The molecule has 0 aliphatic rings. The van der Waals surface area contributed by atoms with E-state index in [2.05, 4.69) is 21.3 Å². The summed E-state index contributed by atoms with van der Waals surface area (Å²) < 4.78 is 10.8. The van der Waals surface area contributed by atoms with Gasteiger partial charge in [-0.15, -0.1) is 0 Å². The van der Waals surface area contributed by atoms with Gasteiger partial charge >= 0.3 is 0 Å². The van der Waals surface area contributed by atoms with Crippen LogP contribution in [-0.4, -0.2) is 76.2 Å². The van der Waals surface area contributed by atoms with Gasteiger partial charge in [0.05, 0.1) is 26.4 Å². The summed E-state index contributed by atoms with van der Waals surface area (Å²) >= 11 is 0. The summed E-state index contributed by atoms with van der Waals surface area (Å²) in [6, 6.07) is 0. The van der Waals surface area contributed by atoms with Crippen LogP contribution in [0.2, 0.25) is 0 Å².